The van der Waals surface area contributed by atoms with Gasteiger partial charge in [0, 0.05) is 25.7 Å². The van der Waals surface area contributed by atoms with Gasteiger partial charge < -0.3 is 33.8 Å². The number of aliphatic hydroxyl groups is 1. The highest BCUT2D eigenvalue weighted by molar-refractivity contribution is 7.47. The number of esters is 4. The average Bonchev–Trinajstić information content (AvgIpc) is 3.56. The van der Waals surface area contributed by atoms with Crippen LogP contribution < -0.4 is 0 Å². The maximum Gasteiger partial charge on any atom is 0.472 e. The zero-order chi connectivity index (χ0) is 65.9. The second-order valence-corrected chi connectivity index (χ2v) is 29.6. The second-order valence-electron chi connectivity index (χ2n) is 26.7. The highest BCUT2D eigenvalue weighted by Gasteiger charge is 2.30. The lowest BCUT2D eigenvalue weighted by Gasteiger charge is -2.21. The minimum atomic E-state index is -4.95. The van der Waals surface area contributed by atoms with Crippen LogP contribution in [0, 0.1) is 17.8 Å². The van der Waals surface area contributed by atoms with Crippen LogP contribution >= 0.6 is 15.6 Å². The van der Waals surface area contributed by atoms with Gasteiger partial charge in [-0.1, -0.05) is 299 Å². The first-order valence-electron chi connectivity index (χ1n) is 36.3. The fraction of sp³-hybridized carbons (Fsp3) is 0.943. The second kappa shape index (κ2) is 61.0. The van der Waals surface area contributed by atoms with Crippen molar-refractivity contribution in [3.05, 3.63) is 0 Å². The van der Waals surface area contributed by atoms with Crippen LogP contribution in [-0.4, -0.2) is 96.7 Å². The first-order chi connectivity index (χ1) is 42.7. The van der Waals surface area contributed by atoms with Crippen LogP contribution in [0.3, 0.4) is 0 Å². The summed E-state index contributed by atoms with van der Waals surface area (Å²) >= 11 is 0. The molecule has 0 rings (SSSR count). The van der Waals surface area contributed by atoms with Gasteiger partial charge in [-0.15, -0.1) is 0 Å². The number of ether oxygens (including phenoxy) is 4. The molecule has 0 aromatic rings. The standard InChI is InChI=1S/C70H136O17P2/c1-8-9-10-11-12-13-14-15-16-17-18-19-20-21-26-29-39-46-53-69(74)86-65(57-80-67(72)51-44-37-28-25-23-22-24-27-34-41-48-61(2)3)59-84-88(76,77)82-55-64(71)56-83-89(78,79)85-60-66(87-70(75)54-47-40-33-31-36-43-50-63(6)7)58-81-68(73)52-45-38-32-30-35-42-49-62(4)5/h61-66,71H,8-60H2,1-7H3,(H,76,77)(H,78,79)/t64-,65-,66-/m1/s1. The van der Waals surface area contributed by atoms with Crippen molar-refractivity contribution < 1.29 is 80.2 Å². The van der Waals surface area contributed by atoms with Crippen molar-refractivity contribution in [2.75, 3.05) is 39.6 Å². The molecular weight excluding hydrogens is 1170 g/mol. The molecule has 0 saturated heterocycles. The van der Waals surface area contributed by atoms with Crippen LogP contribution in [0.25, 0.3) is 0 Å². The first kappa shape index (κ1) is 87.1. The van der Waals surface area contributed by atoms with E-state index in [0.29, 0.717) is 37.5 Å². The lowest BCUT2D eigenvalue weighted by molar-refractivity contribution is -0.161. The smallest absolute Gasteiger partial charge is 0.462 e. The van der Waals surface area contributed by atoms with Gasteiger partial charge in [0.2, 0.25) is 0 Å². The number of carbonyl (C=O) groups excluding carboxylic acids is 4. The minimum absolute atomic E-state index is 0.101. The summed E-state index contributed by atoms with van der Waals surface area (Å²) in [6.45, 7) is 11.7. The Labute approximate surface area is 543 Å². The van der Waals surface area contributed by atoms with Crippen LogP contribution in [0.15, 0.2) is 0 Å². The van der Waals surface area contributed by atoms with E-state index >= 15 is 0 Å². The van der Waals surface area contributed by atoms with Gasteiger partial charge in [-0.3, -0.25) is 37.3 Å². The molecule has 19 heteroatoms. The molecule has 0 saturated carbocycles. The summed E-state index contributed by atoms with van der Waals surface area (Å²) in [7, 11) is -9.90. The summed E-state index contributed by atoms with van der Waals surface area (Å²) in [6.07, 6.45) is 44.9. The maximum absolute atomic E-state index is 13.0. The predicted molar refractivity (Wildman–Crippen MR) is 358 cm³/mol. The van der Waals surface area contributed by atoms with Crippen molar-refractivity contribution >= 4 is 39.5 Å². The van der Waals surface area contributed by atoms with Gasteiger partial charge in [-0.05, 0) is 43.4 Å². The highest BCUT2D eigenvalue weighted by Crippen LogP contribution is 2.45. The van der Waals surface area contributed by atoms with E-state index in [9.17, 15) is 43.2 Å². The summed E-state index contributed by atoms with van der Waals surface area (Å²) in [5.41, 5.74) is 0. The van der Waals surface area contributed by atoms with E-state index in [1.807, 2.05) is 0 Å². The summed E-state index contributed by atoms with van der Waals surface area (Å²) < 4.78 is 68.2. The van der Waals surface area contributed by atoms with Crippen LogP contribution in [-0.2, 0) is 65.4 Å². The van der Waals surface area contributed by atoms with Crippen molar-refractivity contribution in [2.45, 2.75) is 369 Å². The lowest BCUT2D eigenvalue weighted by atomic mass is 10.0. The largest absolute Gasteiger partial charge is 0.472 e. The van der Waals surface area contributed by atoms with Crippen molar-refractivity contribution in [2.24, 2.45) is 17.8 Å². The van der Waals surface area contributed by atoms with E-state index in [1.54, 1.807) is 0 Å². The van der Waals surface area contributed by atoms with Gasteiger partial charge in [0.1, 0.15) is 19.3 Å². The molecule has 0 radical (unpaired) electrons. The van der Waals surface area contributed by atoms with Gasteiger partial charge in [-0.2, -0.15) is 0 Å². The van der Waals surface area contributed by atoms with Crippen molar-refractivity contribution in [1.29, 1.82) is 0 Å². The van der Waals surface area contributed by atoms with E-state index in [1.165, 1.54) is 154 Å². The lowest BCUT2D eigenvalue weighted by Crippen LogP contribution is -2.30. The fourth-order valence-electron chi connectivity index (χ4n) is 10.5. The fourth-order valence-corrected chi connectivity index (χ4v) is 12.1. The van der Waals surface area contributed by atoms with E-state index in [2.05, 4.69) is 48.5 Å². The topological polar surface area (TPSA) is 237 Å². The van der Waals surface area contributed by atoms with Crippen molar-refractivity contribution in [3.8, 4) is 0 Å². The molecule has 89 heavy (non-hydrogen) atoms. The molecule has 2 unspecified atom stereocenters. The molecule has 0 amide bonds. The number of rotatable bonds is 68. The predicted octanol–water partition coefficient (Wildman–Crippen LogP) is 19.8. The SMILES string of the molecule is CCCCCCCCCCCCCCCCCCCCC(=O)O[C@H](COC(=O)CCCCCCCCCCCCC(C)C)COP(=O)(O)OC[C@@H](O)COP(=O)(O)OC[C@@H](COC(=O)CCCCCCCCC(C)C)OC(=O)CCCCCCCCC(C)C. The summed E-state index contributed by atoms with van der Waals surface area (Å²) in [4.78, 5) is 72.4. The monoisotopic (exact) mass is 1310 g/mol. The normalized spacial score (nSPS) is 14.2. The third-order valence-electron chi connectivity index (χ3n) is 16.1. The van der Waals surface area contributed by atoms with Crippen LogP contribution in [0.4, 0.5) is 0 Å². The number of carbonyl (C=O) groups is 4. The number of phosphoric acid groups is 2. The quantitative estimate of drug-likeness (QED) is 0.0222. The summed E-state index contributed by atoms with van der Waals surface area (Å²) in [6, 6.07) is 0. The maximum atomic E-state index is 13.0. The molecule has 0 aliphatic heterocycles. The Hall–Kier alpha value is -1.94. The van der Waals surface area contributed by atoms with Crippen molar-refractivity contribution in [3.63, 3.8) is 0 Å². The summed E-state index contributed by atoms with van der Waals surface area (Å²) in [5, 5.41) is 10.6. The highest BCUT2D eigenvalue weighted by atomic mass is 31.2. The number of unbranched alkanes of at least 4 members (excludes halogenated alkanes) is 36. The molecule has 528 valence electrons. The van der Waals surface area contributed by atoms with Crippen LogP contribution in [0.2, 0.25) is 0 Å². The molecule has 0 aromatic carbocycles. The third kappa shape index (κ3) is 64.6. The Morgan fingerprint density at radius 1 is 0.303 bits per heavy atom. The summed E-state index contributed by atoms with van der Waals surface area (Å²) in [5.74, 6) is -0.0257. The zero-order valence-corrected chi connectivity index (χ0v) is 59.7. The van der Waals surface area contributed by atoms with E-state index in [4.69, 9.17) is 37.0 Å². The molecule has 5 atom stereocenters. The van der Waals surface area contributed by atoms with Gasteiger partial charge >= 0.3 is 39.5 Å². The third-order valence-corrected chi connectivity index (χ3v) is 18.0. The molecule has 0 bridgehead atoms. The van der Waals surface area contributed by atoms with Gasteiger partial charge in [0.05, 0.1) is 26.4 Å². The van der Waals surface area contributed by atoms with Gasteiger partial charge in [0.15, 0.2) is 12.2 Å². The number of hydrogen-bond acceptors (Lipinski definition) is 15. The molecule has 0 aromatic heterocycles. The van der Waals surface area contributed by atoms with Crippen LogP contribution in [0.1, 0.15) is 350 Å². The van der Waals surface area contributed by atoms with E-state index in [0.717, 1.165) is 102 Å². The van der Waals surface area contributed by atoms with Crippen LogP contribution in [0.5, 0.6) is 0 Å². The Bertz CT molecular complexity index is 1750. The molecule has 0 heterocycles. The number of phosphoric ester groups is 2. The van der Waals surface area contributed by atoms with Gasteiger partial charge in [-0.25, -0.2) is 9.13 Å². The van der Waals surface area contributed by atoms with Crippen molar-refractivity contribution in [1.82, 2.24) is 0 Å². The minimum Gasteiger partial charge on any atom is -0.462 e. The average molecular weight is 1310 g/mol. The molecule has 3 N–H and O–H groups in total. The molecule has 0 spiro atoms. The van der Waals surface area contributed by atoms with E-state index < -0.39 is 97.5 Å². The molecule has 0 aliphatic carbocycles. The first-order valence-corrected chi connectivity index (χ1v) is 39.3. The number of hydrogen-bond donors (Lipinski definition) is 3. The Balaban J connectivity index is 5.21. The Kier molecular flexibility index (Phi) is 59.6. The Morgan fingerprint density at radius 3 is 0.764 bits per heavy atom. The van der Waals surface area contributed by atoms with E-state index in [-0.39, 0.29) is 25.7 Å². The molecule has 0 aliphatic rings. The molecule has 0 fully saturated rings. The molecule has 17 nitrogen and oxygen atoms in total. The zero-order valence-electron chi connectivity index (χ0n) is 57.9. The number of aliphatic hydroxyl groups excluding tert-OH is 1. The van der Waals surface area contributed by atoms with Gasteiger partial charge in [0.25, 0.3) is 0 Å². The Morgan fingerprint density at radius 2 is 0.517 bits per heavy atom. The molecular formula is C70H136O17P2.